The van der Waals surface area contributed by atoms with Crippen molar-refractivity contribution in [3.63, 3.8) is 0 Å². The Bertz CT molecular complexity index is 838. The number of ether oxygens (including phenoxy) is 2. The van der Waals surface area contributed by atoms with Crippen LogP contribution in [-0.2, 0) is 17.6 Å². The number of fused-ring (bicyclic) bond motifs is 2. The summed E-state index contributed by atoms with van der Waals surface area (Å²) in [5.41, 5.74) is 3.37. The number of nitrogens with zero attached hydrogens (tertiary/aromatic N) is 1. The molecule has 2 aliphatic heterocycles. The van der Waals surface area contributed by atoms with Crippen LogP contribution in [0.2, 0.25) is 0 Å². The lowest BCUT2D eigenvalue weighted by molar-refractivity contribution is -0.142. The minimum absolute atomic E-state index is 0.0482. The molecule has 2 aromatic carbocycles. The van der Waals surface area contributed by atoms with Crippen molar-refractivity contribution in [2.45, 2.75) is 39.7 Å². The van der Waals surface area contributed by atoms with Crippen molar-refractivity contribution < 1.29 is 14.3 Å². The summed E-state index contributed by atoms with van der Waals surface area (Å²) in [6, 6.07) is 14.6. The monoisotopic (exact) mass is 351 g/mol. The van der Waals surface area contributed by atoms with Crippen LogP contribution in [0.3, 0.4) is 0 Å². The van der Waals surface area contributed by atoms with Crippen molar-refractivity contribution >= 4 is 5.91 Å². The number of hydrogen-bond donors (Lipinski definition) is 0. The van der Waals surface area contributed by atoms with Crippen molar-refractivity contribution in [1.82, 2.24) is 4.90 Å². The second-order valence-corrected chi connectivity index (χ2v) is 8.10. The molecular formula is C22H25NO3. The Morgan fingerprint density at radius 2 is 1.88 bits per heavy atom. The van der Waals surface area contributed by atoms with Crippen LogP contribution in [0.25, 0.3) is 0 Å². The summed E-state index contributed by atoms with van der Waals surface area (Å²) < 4.78 is 10.9. The molecule has 4 nitrogen and oxygen atoms in total. The molecule has 136 valence electrons. The standard InChI is InChI=1S/C22H25NO3/c1-22(2,3)21(24)23-11-10-16-6-4-5-7-17(16)18(23)12-15-8-9-19-20(13-15)26-14-25-19/h4-9,13,18H,10-12,14H2,1-3H3. The van der Waals surface area contributed by atoms with Crippen LogP contribution in [0.15, 0.2) is 42.5 Å². The minimum Gasteiger partial charge on any atom is -0.454 e. The Hall–Kier alpha value is -2.49. The van der Waals surface area contributed by atoms with Gasteiger partial charge < -0.3 is 14.4 Å². The molecule has 0 spiro atoms. The normalized spacial score (nSPS) is 18.6. The van der Waals surface area contributed by atoms with Crippen LogP contribution in [0.4, 0.5) is 0 Å². The third-order valence-corrected chi connectivity index (χ3v) is 5.18. The fourth-order valence-electron chi connectivity index (χ4n) is 3.84. The van der Waals surface area contributed by atoms with E-state index in [-0.39, 0.29) is 24.2 Å². The molecule has 1 atom stereocenters. The highest BCUT2D eigenvalue weighted by Gasteiger charge is 2.36. The fraction of sp³-hybridized carbons (Fsp3) is 0.409. The van der Waals surface area contributed by atoms with Crippen LogP contribution in [0.5, 0.6) is 11.5 Å². The third kappa shape index (κ3) is 3.05. The summed E-state index contributed by atoms with van der Waals surface area (Å²) in [6.45, 7) is 7.02. The second-order valence-electron chi connectivity index (χ2n) is 8.10. The lowest BCUT2D eigenvalue weighted by atomic mass is 9.85. The van der Waals surface area contributed by atoms with Gasteiger partial charge >= 0.3 is 0 Å². The smallest absolute Gasteiger partial charge is 0.231 e. The van der Waals surface area contributed by atoms with Gasteiger partial charge in [-0.3, -0.25) is 4.79 Å². The van der Waals surface area contributed by atoms with Gasteiger partial charge in [0.25, 0.3) is 0 Å². The van der Waals surface area contributed by atoms with Gasteiger partial charge in [-0.05, 0) is 41.7 Å². The molecule has 4 rings (SSSR count). The zero-order valence-electron chi connectivity index (χ0n) is 15.6. The van der Waals surface area contributed by atoms with Crippen molar-refractivity contribution in [3.05, 3.63) is 59.2 Å². The van der Waals surface area contributed by atoms with E-state index in [4.69, 9.17) is 9.47 Å². The molecule has 2 heterocycles. The number of amides is 1. The summed E-state index contributed by atoms with van der Waals surface area (Å²) in [4.78, 5) is 15.2. The molecule has 2 aromatic rings. The average molecular weight is 351 g/mol. The van der Waals surface area contributed by atoms with Crippen LogP contribution >= 0.6 is 0 Å². The second kappa shape index (κ2) is 6.35. The van der Waals surface area contributed by atoms with Crippen molar-refractivity contribution in [3.8, 4) is 11.5 Å². The maximum Gasteiger partial charge on any atom is 0.231 e. The Morgan fingerprint density at radius 1 is 1.12 bits per heavy atom. The van der Waals surface area contributed by atoms with E-state index in [0.29, 0.717) is 0 Å². The van der Waals surface area contributed by atoms with Crippen LogP contribution in [0.1, 0.15) is 43.5 Å². The maximum atomic E-state index is 13.1. The molecule has 2 aliphatic rings. The average Bonchev–Trinajstić information content (AvgIpc) is 3.08. The summed E-state index contributed by atoms with van der Waals surface area (Å²) >= 11 is 0. The first-order valence-electron chi connectivity index (χ1n) is 9.21. The molecule has 0 aromatic heterocycles. The van der Waals surface area contributed by atoms with Gasteiger partial charge in [-0.15, -0.1) is 0 Å². The number of hydrogen-bond acceptors (Lipinski definition) is 3. The van der Waals surface area contributed by atoms with Gasteiger partial charge in [-0.25, -0.2) is 0 Å². The predicted octanol–water partition coefficient (Wildman–Crippen LogP) is 4.13. The van der Waals surface area contributed by atoms with Crippen LogP contribution in [-0.4, -0.2) is 24.1 Å². The number of rotatable bonds is 2. The Balaban J connectivity index is 1.69. The van der Waals surface area contributed by atoms with Crippen molar-refractivity contribution in [1.29, 1.82) is 0 Å². The number of carbonyl (C=O) groups is 1. The van der Waals surface area contributed by atoms with Crippen molar-refractivity contribution in [2.24, 2.45) is 5.41 Å². The molecule has 0 N–H and O–H groups in total. The number of benzene rings is 2. The van der Waals surface area contributed by atoms with E-state index < -0.39 is 0 Å². The molecule has 4 heteroatoms. The van der Waals surface area contributed by atoms with Crippen LogP contribution < -0.4 is 9.47 Å². The third-order valence-electron chi connectivity index (χ3n) is 5.18. The molecule has 0 radical (unpaired) electrons. The topological polar surface area (TPSA) is 38.8 Å². The zero-order valence-corrected chi connectivity index (χ0v) is 15.6. The van der Waals surface area contributed by atoms with Gasteiger partial charge in [-0.2, -0.15) is 0 Å². The molecule has 1 unspecified atom stereocenters. The van der Waals surface area contributed by atoms with Gasteiger partial charge in [0.05, 0.1) is 6.04 Å². The van der Waals surface area contributed by atoms with E-state index in [1.807, 2.05) is 32.9 Å². The van der Waals surface area contributed by atoms with Crippen LogP contribution in [0, 0.1) is 5.41 Å². The Labute approximate surface area is 154 Å². The molecule has 0 fully saturated rings. The minimum atomic E-state index is -0.389. The quantitative estimate of drug-likeness (QED) is 0.817. The first-order valence-corrected chi connectivity index (χ1v) is 9.21. The summed E-state index contributed by atoms with van der Waals surface area (Å²) in [6.07, 6.45) is 1.69. The lowest BCUT2D eigenvalue weighted by Gasteiger charge is -2.40. The highest BCUT2D eigenvalue weighted by molar-refractivity contribution is 5.82. The summed E-state index contributed by atoms with van der Waals surface area (Å²) in [5, 5.41) is 0. The largest absolute Gasteiger partial charge is 0.454 e. The predicted molar refractivity (Wildman–Crippen MR) is 100 cm³/mol. The van der Waals surface area contributed by atoms with E-state index in [9.17, 15) is 4.79 Å². The molecule has 1 amide bonds. The fourth-order valence-corrected chi connectivity index (χ4v) is 3.84. The highest BCUT2D eigenvalue weighted by atomic mass is 16.7. The molecule has 26 heavy (non-hydrogen) atoms. The van der Waals surface area contributed by atoms with E-state index in [1.54, 1.807) is 0 Å². The van der Waals surface area contributed by atoms with Crippen molar-refractivity contribution in [2.75, 3.05) is 13.3 Å². The molecule has 0 bridgehead atoms. The first kappa shape index (κ1) is 17.0. The highest BCUT2D eigenvalue weighted by Crippen LogP contribution is 2.38. The molecule has 0 saturated carbocycles. The molecular weight excluding hydrogens is 326 g/mol. The van der Waals surface area contributed by atoms with Gasteiger partial charge in [0, 0.05) is 12.0 Å². The first-order chi connectivity index (χ1) is 12.4. The Morgan fingerprint density at radius 3 is 2.69 bits per heavy atom. The zero-order chi connectivity index (χ0) is 18.3. The number of carbonyl (C=O) groups excluding carboxylic acids is 1. The van der Waals surface area contributed by atoms with Gasteiger partial charge in [0.15, 0.2) is 11.5 Å². The van der Waals surface area contributed by atoms with E-state index in [2.05, 4.69) is 35.2 Å². The Kier molecular flexibility index (Phi) is 4.14. The van der Waals surface area contributed by atoms with Gasteiger partial charge in [0.2, 0.25) is 12.7 Å². The summed E-state index contributed by atoms with van der Waals surface area (Å²) in [5.74, 6) is 1.79. The lowest BCUT2D eigenvalue weighted by Crippen LogP contribution is -2.46. The van der Waals surface area contributed by atoms with Gasteiger partial charge in [0.1, 0.15) is 0 Å². The molecule has 0 saturated heterocycles. The molecule has 0 aliphatic carbocycles. The van der Waals surface area contributed by atoms with E-state index in [0.717, 1.165) is 36.4 Å². The maximum absolute atomic E-state index is 13.1. The van der Waals surface area contributed by atoms with E-state index >= 15 is 0 Å². The van der Waals surface area contributed by atoms with E-state index in [1.165, 1.54) is 11.1 Å². The summed E-state index contributed by atoms with van der Waals surface area (Å²) in [7, 11) is 0. The van der Waals surface area contributed by atoms with Gasteiger partial charge in [-0.1, -0.05) is 51.1 Å². The SMILES string of the molecule is CC(C)(C)C(=O)N1CCc2ccccc2C1Cc1ccc2c(c1)OCO2.